The molecule has 0 aromatic heterocycles. The van der Waals surface area contributed by atoms with Crippen molar-refractivity contribution >= 4 is 5.91 Å². The molecular weight excluding hydrogens is 283 g/mol. The zero-order valence-electron chi connectivity index (χ0n) is 11.7. The molecule has 0 bridgehead atoms. The van der Waals surface area contributed by atoms with Gasteiger partial charge in [-0.05, 0) is 43.0 Å². The van der Waals surface area contributed by atoms with Crippen molar-refractivity contribution < 1.29 is 22.7 Å². The number of amides is 1. The SMILES string of the molecule is C[C@@H]1CCCC[C@@H]1NC(=O)c1ccc(OC(F)(F)F)cc1. The van der Waals surface area contributed by atoms with Crippen molar-refractivity contribution in [3.63, 3.8) is 0 Å². The third-order valence-corrected chi connectivity index (χ3v) is 3.78. The molecule has 2 rings (SSSR count). The highest BCUT2D eigenvalue weighted by molar-refractivity contribution is 5.94. The Morgan fingerprint density at radius 2 is 1.81 bits per heavy atom. The Balaban J connectivity index is 1.96. The van der Waals surface area contributed by atoms with Gasteiger partial charge in [0, 0.05) is 11.6 Å². The highest BCUT2D eigenvalue weighted by Gasteiger charge is 2.31. The zero-order valence-corrected chi connectivity index (χ0v) is 11.7. The monoisotopic (exact) mass is 301 g/mol. The third kappa shape index (κ3) is 4.65. The van der Waals surface area contributed by atoms with E-state index in [0.717, 1.165) is 31.4 Å². The van der Waals surface area contributed by atoms with Gasteiger partial charge >= 0.3 is 6.36 Å². The molecule has 2 atom stereocenters. The van der Waals surface area contributed by atoms with E-state index in [2.05, 4.69) is 17.0 Å². The molecule has 1 aliphatic carbocycles. The van der Waals surface area contributed by atoms with Gasteiger partial charge in [0.15, 0.2) is 0 Å². The van der Waals surface area contributed by atoms with Gasteiger partial charge in [0.1, 0.15) is 5.75 Å². The second-order valence-corrected chi connectivity index (χ2v) is 5.41. The summed E-state index contributed by atoms with van der Waals surface area (Å²) < 4.78 is 39.9. The van der Waals surface area contributed by atoms with Gasteiger partial charge in [-0.25, -0.2) is 0 Å². The van der Waals surface area contributed by atoms with Crippen LogP contribution in [-0.2, 0) is 0 Å². The van der Waals surface area contributed by atoms with E-state index in [1.807, 2.05) is 0 Å². The van der Waals surface area contributed by atoms with E-state index in [9.17, 15) is 18.0 Å². The number of carbonyl (C=O) groups excluding carboxylic acids is 1. The Morgan fingerprint density at radius 1 is 1.19 bits per heavy atom. The number of benzene rings is 1. The van der Waals surface area contributed by atoms with Crippen LogP contribution in [0.3, 0.4) is 0 Å². The Bertz CT molecular complexity index is 485. The van der Waals surface area contributed by atoms with Crippen molar-refractivity contribution in [3.8, 4) is 5.75 Å². The van der Waals surface area contributed by atoms with Crippen molar-refractivity contribution in [1.82, 2.24) is 5.32 Å². The molecule has 1 fully saturated rings. The van der Waals surface area contributed by atoms with Crippen LogP contribution in [0, 0.1) is 5.92 Å². The first kappa shape index (κ1) is 15.7. The zero-order chi connectivity index (χ0) is 15.5. The molecule has 0 heterocycles. The first-order valence-electron chi connectivity index (χ1n) is 7.02. The van der Waals surface area contributed by atoms with Crippen LogP contribution in [0.4, 0.5) is 13.2 Å². The summed E-state index contributed by atoms with van der Waals surface area (Å²) in [6.45, 7) is 2.10. The highest BCUT2D eigenvalue weighted by Crippen LogP contribution is 2.25. The van der Waals surface area contributed by atoms with E-state index in [0.29, 0.717) is 11.5 Å². The molecule has 1 aromatic carbocycles. The molecule has 0 saturated heterocycles. The molecule has 6 heteroatoms. The molecule has 1 saturated carbocycles. The van der Waals surface area contributed by atoms with E-state index >= 15 is 0 Å². The minimum atomic E-state index is -4.72. The van der Waals surface area contributed by atoms with Gasteiger partial charge in [-0.1, -0.05) is 19.8 Å². The van der Waals surface area contributed by atoms with Gasteiger partial charge in [0.25, 0.3) is 5.91 Å². The summed E-state index contributed by atoms with van der Waals surface area (Å²) >= 11 is 0. The molecule has 0 spiro atoms. The van der Waals surface area contributed by atoms with Gasteiger partial charge in [0.2, 0.25) is 0 Å². The predicted molar refractivity (Wildman–Crippen MR) is 72.0 cm³/mol. The number of carbonyl (C=O) groups is 1. The molecular formula is C15H18F3NO2. The number of alkyl halides is 3. The van der Waals surface area contributed by atoms with Crippen molar-refractivity contribution in [2.75, 3.05) is 0 Å². The third-order valence-electron chi connectivity index (χ3n) is 3.78. The average molecular weight is 301 g/mol. The first-order valence-corrected chi connectivity index (χ1v) is 7.02. The van der Waals surface area contributed by atoms with Crippen LogP contribution in [0.2, 0.25) is 0 Å². The number of rotatable bonds is 3. The topological polar surface area (TPSA) is 38.3 Å². The maximum absolute atomic E-state index is 12.1. The van der Waals surface area contributed by atoms with Crippen LogP contribution in [0.25, 0.3) is 0 Å². The molecule has 1 aliphatic rings. The number of halogens is 3. The van der Waals surface area contributed by atoms with Gasteiger partial charge in [-0.2, -0.15) is 0 Å². The molecule has 1 aromatic rings. The van der Waals surface area contributed by atoms with Crippen LogP contribution in [-0.4, -0.2) is 18.3 Å². The lowest BCUT2D eigenvalue weighted by atomic mass is 9.86. The Labute approximate surface area is 121 Å². The minimum absolute atomic E-state index is 0.136. The first-order chi connectivity index (χ1) is 9.85. The second-order valence-electron chi connectivity index (χ2n) is 5.41. The molecule has 0 radical (unpaired) electrons. The highest BCUT2D eigenvalue weighted by atomic mass is 19.4. The van der Waals surface area contributed by atoms with Crippen molar-refractivity contribution in [2.24, 2.45) is 5.92 Å². The lowest BCUT2D eigenvalue weighted by Gasteiger charge is -2.29. The van der Waals surface area contributed by atoms with E-state index in [1.165, 1.54) is 18.6 Å². The fourth-order valence-corrected chi connectivity index (χ4v) is 2.59. The number of nitrogens with one attached hydrogen (secondary N) is 1. The Hall–Kier alpha value is -1.72. The molecule has 3 nitrogen and oxygen atoms in total. The van der Waals surface area contributed by atoms with E-state index < -0.39 is 6.36 Å². The van der Waals surface area contributed by atoms with Crippen LogP contribution in [0.15, 0.2) is 24.3 Å². The minimum Gasteiger partial charge on any atom is -0.406 e. The fourth-order valence-electron chi connectivity index (χ4n) is 2.59. The number of hydrogen-bond acceptors (Lipinski definition) is 2. The summed E-state index contributed by atoms with van der Waals surface area (Å²) in [6.07, 6.45) is -0.419. The summed E-state index contributed by atoms with van der Waals surface area (Å²) in [6, 6.07) is 5.10. The molecule has 1 N–H and O–H groups in total. The van der Waals surface area contributed by atoms with Crippen LogP contribution in [0.5, 0.6) is 5.75 Å². The molecule has 0 aliphatic heterocycles. The van der Waals surface area contributed by atoms with E-state index in [1.54, 1.807) is 0 Å². The van der Waals surface area contributed by atoms with E-state index in [4.69, 9.17) is 0 Å². The summed E-state index contributed by atoms with van der Waals surface area (Å²) in [5.74, 6) is -0.159. The fraction of sp³-hybridized carbons (Fsp3) is 0.533. The molecule has 1 amide bonds. The smallest absolute Gasteiger partial charge is 0.406 e. The molecule has 21 heavy (non-hydrogen) atoms. The normalized spacial score (nSPS) is 22.7. The van der Waals surface area contributed by atoms with Crippen molar-refractivity contribution in [1.29, 1.82) is 0 Å². The molecule has 0 unspecified atom stereocenters. The maximum atomic E-state index is 12.1. The summed E-state index contributed by atoms with van der Waals surface area (Å²) in [5.41, 5.74) is 0.335. The Morgan fingerprint density at radius 3 is 2.38 bits per heavy atom. The summed E-state index contributed by atoms with van der Waals surface area (Å²) in [4.78, 5) is 12.1. The van der Waals surface area contributed by atoms with Gasteiger partial charge in [0.05, 0.1) is 0 Å². The Kier molecular flexibility index (Phi) is 4.75. The van der Waals surface area contributed by atoms with Crippen molar-refractivity contribution in [3.05, 3.63) is 29.8 Å². The van der Waals surface area contributed by atoms with Gasteiger partial charge in [-0.3, -0.25) is 4.79 Å². The molecule has 116 valence electrons. The average Bonchev–Trinajstić information content (AvgIpc) is 2.40. The number of ether oxygens (including phenoxy) is 1. The van der Waals surface area contributed by atoms with Crippen molar-refractivity contribution in [2.45, 2.75) is 45.0 Å². The predicted octanol–water partition coefficient (Wildman–Crippen LogP) is 3.89. The standard InChI is InChI=1S/C15H18F3NO2/c1-10-4-2-3-5-13(10)19-14(20)11-6-8-12(9-7-11)21-15(16,17)18/h6-10,13H,2-5H2,1H3,(H,19,20)/t10-,13+/m1/s1. The van der Waals surface area contributed by atoms with Gasteiger partial charge < -0.3 is 10.1 Å². The lowest BCUT2D eigenvalue weighted by Crippen LogP contribution is -2.41. The summed E-state index contributed by atoms with van der Waals surface area (Å²) in [5, 5.41) is 2.95. The van der Waals surface area contributed by atoms with Crippen LogP contribution < -0.4 is 10.1 Å². The maximum Gasteiger partial charge on any atom is 0.573 e. The van der Waals surface area contributed by atoms with Crippen LogP contribution in [0.1, 0.15) is 43.0 Å². The van der Waals surface area contributed by atoms with E-state index in [-0.39, 0.29) is 17.7 Å². The summed E-state index contributed by atoms with van der Waals surface area (Å²) in [7, 11) is 0. The van der Waals surface area contributed by atoms with Crippen LogP contribution >= 0.6 is 0 Å². The largest absolute Gasteiger partial charge is 0.573 e. The van der Waals surface area contributed by atoms with Gasteiger partial charge in [-0.15, -0.1) is 13.2 Å². The lowest BCUT2D eigenvalue weighted by molar-refractivity contribution is -0.274. The second kappa shape index (κ2) is 6.37. The quantitative estimate of drug-likeness (QED) is 0.919. The number of hydrogen-bond donors (Lipinski definition) is 1.